The van der Waals surface area contributed by atoms with Crippen molar-refractivity contribution in [2.75, 3.05) is 5.32 Å². The van der Waals surface area contributed by atoms with E-state index in [0.29, 0.717) is 16.1 Å². The van der Waals surface area contributed by atoms with Gasteiger partial charge in [-0.15, -0.1) is 0 Å². The number of halogens is 4. The fraction of sp³-hybridized carbons (Fsp3) is 0.158. The summed E-state index contributed by atoms with van der Waals surface area (Å²) in [6.07, 6.45) is -1.68. The van der Waals surface area contributed by atoms with Gasteiger partial charge in [0.05, 0.1) is 5.56 Å². The van der Waals surface area contributed by atoms with Crippen molar-refractivity contribution < 1.29 is 18.0 Å². The summed E-state index contributed by atoms with van der Waals surface area (Å²) in [6, 6.07) is 8.92. The summed E-state index contributed by atoms with van der Waals surface area (Å²) >= 11 is 6.03. The first-order valence-corrected chi connectivity index (χ1v) is 8.33. The maximum absolute atomic E-state index is 13.8. The first-order chi connectivity index (χ1) is 12.8. The molecule has 2 aromatic carbocycles. The summed E-state index contributed by atoms with van der Waals surface area (Å²) in [4.78, 5) is 12.5. The van der Waals surface area contributed by atoms with Crippen LogP contribution in [0.25, 0.3) is 11.1 Å². The monoisotopic (exact) mass is 393 g/mol. The van der Waals surface area contributed by atoms with Crippen LogP contribution in [0.4, 0.5) is 18.9 Å². The average molecular weight is 394 g/mol. The third-order valence-corrected chi connectivity index (χ3v) is 4.43. The lowest BCUT2D eigenvalue weighted by molar-refractivity contribution is 0.101. The molecule has 0 aliphatic carbocycles. The first-order valence-electron chi connectivity index (χ1n) is 7.95. The van der Waals surface area contributed by atoms with Gasteiger partial charge in [0, 0.05) is 29.5 Å². The number of nitrogens with one attached hydrogen (secondary N) is 1. The zero-order valence-corrected chi connectivity index (χ0v) is 15.2. The maximum atomic E-state index is 13.8. The van der Waals surface area contributed by atoms with Crippen LogP contribution in [0, 0.1) is 12.7 Å². The minimum absolute atomic E-state index is 0.241. The molecule has 1 aromatic heterocycles. The molecule has 0 atom stereocenters. The summed E-state index contributed by atoms with van der Waals surface area (Å²) in [6.45, 7) is 1.80. The maximum Gasteiger partial charge on any atom is 0.282 e. The highest BCUT2D eigenvalue weighted by atomic mass is 35.5. The second kappa shape index (κ2) is 7.44. The van der Waals surface area contributed by atoms with Crippen molar-refractivity contribution in [1.82, 2.24) is 9.78 Å². The summed E-state index contributed by atoms with van der Waals surface area (Å²) in [5.41, 5.74) is 1.25. The summed E-state index contributed by atoms with van der Waals surface area (Å²) < 4.78 is 41.1. The highest BCUT2D eigenvalue weighted by Crippen LogP contribution is 2.32. The third kappa shape index (κ3) is 3.98. The van der Waals surface area contributed by atoms with Gasteiger partial charge in [-0.05, 0) is 48.4 Å². The van der Waals surface area contributed by atoms with Crippen LogP contribution in [-0.2, 0) is 7.05 Å². The summed E-state index contributed by atoms with van der Waals surface area (Å²) in [5.74, 6) is -1.25. The fourth-order valence-corrected chi connectivity index (χ4v) is 2.83. The Morgan fingerprint density at radius 1 is 1.22 bits per heavy atom. The smallest absolute Gasteiger partial charge is 0.282 e. The van der Waals surface area contributed by atoms with Gasteiger partial charge < -0.3 is 5.32 Å². The lowest BCUT2D eigenvalue weighted by atomic mass is 10.0. The van der Waals surface area contributed by atoms with Gasteiger partial charge >= 0.3 is 0 Å². The molecule has 0 spiro atoms. The number of rotatable bonds is 4. The Morgan fingerprint density at radius 2 is 1.96 bits per heavy atom. The van der Waals surface area contributed by atoms with E-state index in [-0.39, 0.29) is 11.3 Å². The molecule has 8 heteroatoms. The van der Waals surface area contributed by atoms with Crippen LogP contribution in [-0.4, -0.2) is 15.7 Å². The van der Waals surface area contributed by atoms with Crippen molar-refractivity contribution in [2.45, 2.75) is 13.3 Å². The number of aromatic nitrogens is 2. The number of hydrogen-bond acceptors (Lipinski definition) is 2. The summed E-state index contributed by atoms with van der Waals surface area (Å²) in [7, 11) is 1.45. The Hall–Kier alpha value is -2.80. The Balaban J connectivity index is 2.01. The Morgan fingerprint density at radius 3 is 2.63 bits per heavy atom. The number of alkyl halides is 2. The molecule has 140 valence electrons. The number of benzene rings is 2. The molecule has 1 amide bonds. The van der Waals surface area contributed by atoms with Crippen molar-refractivity contribution in [1.29, 1.82) is 0 Å². The number of nitrogens with zero attached hydrogens (tertiary/aromatic N) is 2. The molecule has 4 nitrogen and oxygen atoms in total. The highest BCUT2D eigenvalue weighted by Gasteiger charge is 2.23. The number of aryl methyl sites for hydroxylation is 2. The minimum Gasteiger partial charge on any atom is -0.321 e. The second-order valence-corrected chi connectivity index (χ2v) is 6.42. The van der Waals surface area contributed by atoms with Gasteiger partial charge in [0.2, 0.25) is 0 Å². The third-order valence-electron chi connectivity index (χ3n) is 4.01. The van der Waals surface area contributed by atoms with E-state index >= 15 is 0 Å². The van der Waals surface area contributed by atoms with Crippen LogP contribution in [0.15, 0.2) is 42.6 Å². The normalized spacial score (nSPS) is 11.1. The van der Waals surface area contributed by atoms with Gasteiger partial charge in [0.1, 0.15) is 11.5 Å². The van der Waals surface area contributed by atoms with Gasteiger partial charge in [-0.25, -0.2) is 13.2 Å². The van der Waals surface area contributed by atoms with Crippen molar-refractivity contribution in [3.63, 3.8) is 0 Å². The molecule has 0 saturated heterocycles. The topological polar surface area (TPSA) is 46.9 Å². The predicted molar refractivity (Wildman–Crippen MR) is 97.7 cm³/mol. The number of carbonyl (C=O) groups excluding carboxylic acids is 1. The molecule has 1 N–H and O–H groups in total. The molecule has 27 heavy (non-hydrogen) atoms. The van der Waals surface area contributed by atoms with Crippen molar-refractivity contribution >= 4 is 23.2 Å². The molecule has 0 radical (unpaired) electrons. The molecule has 0 aliphatic heterocycles. The minimum atomic E-state index is -2.89. The average Bonchev–Trinajstić information content (AvgIpc) is 3.01. The molecule has 0 bridgehead atoms. The van der Waals surface area contributed by atoms with Crippen molar-refractivity contribution in [2.24, 2.45) is 7.05 Å². The molecule has 1 heterocycles. The van der Waals surface area contributed by atoms with E-state index in [9.17, 15) is 18.0 Å². The van der Waals surface area contributed by atoms with E-state index < -0.39 is 23.8 Å². The van der Waals surface area contributed by atoms with E-state index in [1.165, 1.54) is 31.4 Å². The lowest BCUT2D eigenvalue weighted by Gasteiger charge is -2.13. The standard InChI is InChI=1S/C19H15ClF3N3O/c1-10-7-11(3-5-15(10)20)13-8-12(21)4-6-16(13)24-19(27)14-9-26(2)25-17(14)18(22)23/h3-9,18H,1-2H3,(H,24,27). The molecule has 0 unspecified atom stereocenters. The quantitative estimate of drug-likeness (QED) is 0.647. The molecule has 0 aliphatic rings. The number of hydrogen-bond donors (Lipinski definition) is 1. The van der Waals surface area contributed by atoms with Crippen LogP contribution in [0.3, 0.4) is 0 Å². The van der Waals surface area contributed by atoms with Crippen LogP contribution < -0.4 is 5.32 Å². The number of amides is 1. The van der Waals surface area contributed by atoms with Gasteiger partial charge in [0.25, 0.3) is 12.3 Å². The van der Waals surface area contributed by atoms with E-state index in [4.69, 9.17) is 11.6 Å². The largest absolute Gasteiger partial charge is 0.321 e. The van der Waals surface area contributed by atoms with Gasteiger partial charge in [-0.2, -0.15) is 5.10 Å². The number of anilines is 1. The lowest BCUT2D eigenvalue weighted by Crippen LogP contribution is -2.14. The molecular formula is C19H15ClF3N3O. The van der Waals surface area contributed by atoms with E-state index in [0.717, 1.165) is 10.2 Å². The van der Waals surface area contributed by atoms with Gasteiger partial charge in [-0.1, -0.05) is 17.7 Å². The molecule has 0 fully saturated rings. The van der Waals surface area contributed by atoms with Gasteiger partial charge in [-0.3, -0.25) is 9.48 Å². The second-order valence-electron chi connectivity index (χ2n) is 6.01. The fourth-order valence-electron chi connectivity index (χ4n) is 2.71. The van der Waals surface area contributed by atoms with Crippen LogP contribution >= 0.6 is 11.6 Å². The number of carbonyl (C=O) groups is 1. The summed E-state index contributed by atoms with van der Waals surface area (Å²) in [5, 5.41) is 6.74. The van der Waals surface area contributed by atoms with Crippen molar-refractivity contribution in [3.8, 4) is 11.1 Å². The Labute approximate surface area is 158 Å². The van der Waals surface area contributed by atoms with E-state index in [1.807, 2.05) is 0 Å². The zero-order valence-electron chi connectivity index (χ0n) is 14.4. The molecular weight excluding hydrogens is 379 g/mol. The van der Waals surface area contributed by atoms with Crippen LogP contribution in [0.2, 0.25) is 5.02 Å². The molecule has 3 rings (SSSR count). The highest BCUT2D eigenvalue weighted by molar-refractivity contribution is 6.31. The SMILES string of the molecule is Cc1cc(-c2cc(F)ccc2NC(=O)c2cn(C)nc2C(F)F)ccc1Cl. The molecule has 0 saturated carbocycles. The van der Waals surface area contributed by atoms with Crippen LogP contribution in [0.1, 0.15) is 28.0 Å². The Bertz CT molecular complexity index is 1020. The predicted octanol–water partition coefficient (Wildman–Crippen LogP) is 5.38. The van der Waals surface area contributed by atoms with Crippen LogP contribution in [0.5, 0.6) is 0 Å². The van der Waals surface area contributed by atoms with Crippen molar-refractivity contribution in [3.05, 3.63) is 70.3 Å². The zero-order chi connectivity index (χ0) is 19.7. The van der Waals surface area contributed by atoms with Gasteiger partial charge in [0.15, 0.2) is 0 Å². The molecule has 3 aromatic rings. The van der Waals surface area contributed by atoms with E-state index in [1.54, 1.807) is 25.1 Å². The first kappa shape index (κ1) is 19.0. The van der Waals surface area contributed by atoms with E-state index in [2.05, 4.69) is 10.4 Å². The Kier molecular flexibility index (Phi) is 5.23.